The third-order valence-electron chi connectivity index (χ3n) is 4.05. The molecule has 6 nitrogen and oxygen atoms in total. The smallest absolute Gasteiger partial charge is 0.240 e. The Morgan fingerprint density at radius 3 is 2.33 bits per heavy atom. The maximum atomic E-state index is 12.2. The Balaban J connectivity index is 1.76. The molecule has 3 aliphatic heterocycles. The molecule has 3 fully saturated rings. The lowest BCUT2D eigenvalue weighted by atomic mass is 9.81. The second-order valence-corrected chi connectivity index (χ2v) is 5.06. The topological polar surface area (TPSA) is 75.7 Å². The molecule has 3 saturated heterocycles. The van der Waals surface area contributed by atoms with E-state index in [0.29, 0.717) is 6.54 Å². The molecular formula is C12H16N2O4. The number of nitrogens with zero attached hydrogens (tertiary/aromatic N) is 1. The fourth-order valence-electron chi connectivity index (χ4n) is 3.33. The van der Waals surface area contributed by atoms with Crippen LogP contribution in [-0.2, 0) is 19.1 Å². The van der Waals surface area contributed by atoms with Crippen molar-refractivity contribution >= 4 is 17.7 Å². The van der Waals surface area contributed by atoms with Crippen LogP contribution in [0, 0.1) is 11.8 Å². The summed E-state index contributed by atoms with van der Waals surface area (Å²) in [5.41, 5.74) is 0. The number of fused-ring (bicyclic) bond motifs is 5. The number of nitrogens with one attached hydrogen (secondary N) is 1. The van der Waals surface area contributed by atoms with Crippen LogP contribution in [0.4, 0.5) is 0 Å². The zero-order chi connectivity index (χ0) is 12.9. The number of carbonyl (C=O) groups is 3. The molecule has 0 saturated carbocycles. The first-order valence-electron chi connectivity index (χ1n) is 6.41. The second-order valence-electron chi connectivity index (χ2n) is 5.06. The Labute approximate surface area is 105 Å². The van der Waals surface area contributed by atoms with Gasteiger partial charge in [0.15, 0.2) is 0 Å². The lowest BCUT2D eigenvalue weighted by Gasteiger charge is -2.16. The number of hydrogen-bond acceptors (Lipinski definition) is 4. The Morgan fingerprint density at radius 1 is 1.28 bits per heavy atom. The maximum Gasteiger partial charge on any atom is 0.240 e. The zero-order valence-corrected chi connectivity index (χ0v) is 10.2. The van der Waals surface area contributed by atoms with Gasteiger partial charge in [0.2, 0.25) is 17.7 Å². The average molecular weight is 252 g/mol. The van der Waals surface area contributed by atoms with Gasteiger partial charge in [0.05, 0.1) is 24.0 Å². The minimum absolute atomic E-state index is 0.115. The number of likely N-dealkylation sites (N-methyl/N-ethyl adjacent to an activating group) is 1. The van der Waals surface area contributed by atoms with Gasteiger partial charge in [-0.05, 0) is 19.8 Å². The Bertz CT molecular complexity index is 394. The van der Waals surface area contributed by atoms with Crippen molar-refractivity contribution in [3.05, 3.63) is 0 Å². The van der Waals surface area contributed by atoms with Crippen LogP contribution >= 0.6 is 0 Å². The van der Waals surface area contributed by atoms with E-state index in [4.69, 9.17) is 4.74 Å². The molecule has 0 aromatic rings. The van der Waals surface area contributed by atoms with Crippen molar-refractivity contribution in [2.75, 3.05) is 13.1 Å². The van der Waals surface area contributed by atoms with Gasteiger partial charge < -0.3 is 10.1 Å². The van der Waals surface area contributed by atoms with Gasteiger partial charge in [-0.25, -0.2) is 0 Å². The Hall–Kier alpha value is -1.43. The minimum Gasteiger partial charge on any atom is -0.373 e. The molecule has 6 heteroatoms. The first-order chi connectivity index (χ1) is 8.63. The predicted molar refractivity (Wildman–Crippen MR) is 60.3 cm³/mol. The summed E-state index contributed by atoms with van der Waals surface area (Å²) in [6.45, 7) is 2.14. The largest absolute Gasteiger partial charge is 0.373 e. The van der Waals surface area contributed by atoms with E-state index in [0.717, 1.165) is 17.7 Å². The molecule has 18 heavy (non-hydrogen) atoms. The normalized spacial score (nSPS) is 37.3. The van der Waals surface area contributed by atoms with E-state index >= 15 is 0 Å². The molecule has 0 aromatic heterocycles. The lowest BCUT2D eigenvalue weighted by Crippen LogP contribution is -2.42. The molecule has 3 heterocycles. The van der Waals surface area contributed by atoms with Crippen LogP contribution in [0.3, 0.4) is 0 Å². The predicted octanol–water partition coefficient (Wildman–Crippen LogP) is -0.715. The van der Waals surface area contributed by atoms with Gasteiger partial charge in [0.1, 0.15) is 6.54 Å². The number of carbonyl (C=O) groups excluding carboxylic acids is 3. The molecule has 1 N–H and O–H groups in total. The molecular weight excluding hydrogens is 236 g/mol. The van der Waals surface area contributed by atoms with Crippen LogP contribution in [0.2, 0.25) is 0 Å². The molecule has 0 spiro atoms. The summed E-state index contributed by atoms with van der Waals surface area (Å²) in [5, 5.41) is 2.60. The van der Waals surface area contributed by atoms with Crippen molar-refractivity contribution in [2.45, 2.75) is 32.0 Å². The highest BCUT2D eigenvalue weighted by molar-refractivity contribution is 6.08. The van der Waals surface area contributed by atoms with Crippen molar-refractivity contribution < 1.29 is 19.1 Å². The van der Waals surface area contributed by atoms with Crippen LogP contribution in [-0.4, -0.2) is 47.9 Å². The van der Waals surface area contributed by atoms with Crippen molar-refractivity contribution in [1.82, 2.24) is 10.2 Å². The van der Waals surface area contributed by atoms with E-state index in [1.54, 1.807) is 6.92 Å². The van der Waals surface area contributed by atoms with E-state index < -0.39 is 0 Å². The number of ether oxygens (including phenoxy) is 1. The van der Waals surface area contributed by atoms with Gasteiger partial charge in [0.25, 0.3) is 0 Å². The fraction of sp³-hybridized carbons (Fsp3) is 0.750. The summed E-state index contributed by atoms with van der Waals surface area (Å²) in [5.74, 6) is -1.43. The fourth-order valence-corrected chi connectivity index (χ4v) is 3.33. The molecule has 3 aliphatic rings. The van der Waals surface area contributed by atoms with Gasteiger partial charge in [0, 0.05) is 6.54 Å². The number of likely N-dealkylation sites (tertiary alicyclic amines) is 1. The number of imide groups is 1. The lowest BCUT2D eigenvalue weighted by molar-refractivity contribution is -0.145. The van der Waals surface area contributed by atoms with Crippen LogP contribution < -0.4 is 5.32 Å². The average Bonchev–Trinajstić information content (AvgIpc) is 2.99. The molecule has 0 radical (unpaired) electrons. The van der Waals surface area contributed by atoms with Crippen molar-refractivity contribution in [1.29, 1.82) is 0 Å². The summed E-state index contributed by atoms with van der Waals surface area (Å²) in [6, 6.07) is 0. The highest BCUT2D eigenvalue weighted by atomic mass is 16.5. The standard InChI is InChI=1S/C12H16N2O4/c1-2-13-8(15)5-14-11(16)9-6-3-4-7(18-6)10(9)12(14)17/h6-7,9-10H,2-5H2,1H3,(H,13,15). The van der Waals surface area contributed by atoms with E-state index in [9.17, 15) is 14.4 Å². The monoisotopic (exact) mass is 252 g/mol. The summed E-state index contributed by atoms with van der Waals surface area (Å²) < 4.78 is 5.61. The van der Waals surface area contributed by atoms with Crippen LogP contribution in [0.25, 0.3) is 0 Å². The number of amides is 3. The summed E-state index contributed by atoms with van der Waals surface area (Å²) in [7, 11) is 0. The number of rotatable bonds is 3. The van der Waals surface area contributed by atoms with E-state index in [-0.39, 0.29) is 48.3 Å². The SMILES string of the molecule is CCNC(=O)CN1C(=O)C2C3CCC(O3)C2C1=O. The highest BCUT2D eigenvalue weighted by Gasteiger charge is 2.62. The van der Waals surface area contributed by atoms with Gasteiger partial charge >= 0.3 is 0 Å². The molecule has 98 valence electrons. The molecule has 3 rings (SSSR count). The third kappa shape index (κ3) is 1.48. The molecule has 0 aromatic carbocycles. The Morgan fingerprint density at radius 2 is 1.83 bits per heavy atom. The maximum absolute atomic E-state index is 12.2. The first kappa shape index (κ1) is 11.6. The minimum atomic E-state index is -0.342. The third-order valence-corrected chi connectivity index (χ3v) is 4.05. The highest BCUT2D eigenvalue weighted by Crippen LogP contribution is 2.48. The Kier molecular flexibility index (Phi) is 2.62. The molecule has 2 bridgehead atoms. The van der Waals surface area contributed by atoms with Crippen LogP contribution in [0.15, 0.2) is 0 Å². The molecule has 4 unspecified atom stereocenters. The summed E-state index contributed by atoms with van der Waals surface area (Å²) >= 11 is 0. The quantitative estimate of drug-likeness (QED) is 0.673. The molecule has 4 atom stereocenters. The summed E-state index contributed by atoms with van der Waals surface area (Å²) in [6.07, 6.45) is 1.46. The van der Waals surface area contributed by atoms with Crippen LogP contribution in [0.1, 0.15) is 19.8 Å². The van der Waals surface area contributed by atoms with E-state index in [1.807, 2.05) is 0 Å². The van der Waals surface area contributed by atoms with Crippen LogP contribution in [0.5, 0.6) is 0 Å². The first-order valence-corrected chi connectivity index (χ1v) is 6.41. The van der Waals surface area contributed by atoms with Gasteiger partial charge in [-0.3, -0.25) is 19.3 Å². The van der Waals surface area contributed by atoms with Crippen molar-refractivity contribution in [3.63, 3.8) is 0 Å². The summed E-state index contributed by atoms with van der Waals surface area (Å²) in [4.78, 5) is 36.9. The van der Waals surface area contributed by atoms with E-state index in [2.05, 4.69) is 5.32 Å². The molecule has 0 aliphatic carbocycles. The van der Waals surface area contributed by atoms with Crippen molar-refractivity contribution in [3.8, 4) is 0 Å². The number of hydrogen-bond donors (Lipinski definition) is 1. The van der Waals surface area contributed by atoms with E-state index in [1.165, 1.54) is 0 Å². The van der Waals surface area contributed by atoms with Gasteiger partial charge in [-0.15, -0.1) is 0 Å². The van der Waals surface area contributed by atoms with Gasteiger partial charge in [-0.1, -0.05) is 0 Å². The second kappa shape index (κ2) is 4.05. The zero-order valence-electron chi connectivity index (χ0n) is 10.2. The van der Waals surface area contributed by atoms with Gasteiger partial charge in [-0.2, -0.15) is 0 Å². The van der Waals surface area contributed by atoms with Crippen molar-refractivity contribution in [2.24, 2.45) is 11.8 Å². The molecule has 3 amide bonds.